The van der Waals surface area contributed by atoms with E-state index >= 15 is 0 Å². The zero-order chi connectivity index (χ0) is 33.6. The molecule has 0 unspecified atom stereocenters. The van der Waals surface area contributed by atoms with Crippen LogP contribution in [0.4, 0.5) is 0 Å². The molecule has 8 nitrogen and oxygen atoms in total. The predicted octanol–water partition coefficient (Wildman–Crippen LogP) is 7.44. The Morgan fingerprint density at radius 1 is 0.565 bits per heavy atom. The summed E-state index contributed by atoms with van der Waals surface area (Å²) >= 11 is 4.44. The molecule has 0 bridgehead atoms. The summed E-state index contributed by atoms with van der Waals surface area (Å²) in [5.74, 6) is 2.99. The van der Waals surface area contributed by atoms with Gasteiger partial charge in [0.2, 0.25) is 0 Å². The number of terminal acetylenes is 2. The van der Waals surface area contributed by atoms with Crippen LogP contribution in [0.25, 0.3) is 12.2 Å². The second kappa shape index (κ2) is 18.7. The minimum absolute atomic E-state index is 0.163. The maximum atomic E-state index is 12.8. The molecule has 0 fully saturated rings. The van der Waals surface area contributed by atoms with Crippen molar-refractivity contribution in [1.29, 1.82) is 0 Å². The lowest BCUT2D eigenvalue weighted by Crippen LogP contribution is -2.12. The number of benzene rings is 1. The van der Waals surface area contributed by atoms with Gasteiger partial charge in [-0.25, -0.2) is 19.2 Å². The van der Waals surface area contributed by atoms with Crippen molar-refractivity contribution in [3.63, 3.8) is 0 Å². The second-order valence-electron chi connectivity index (χ2n) is 9.51. The molecule has 2 aliphatic heterocycles. The molecule has 1 aromatic carbocycles. The largest absolute Gasteiger partial charge is 0.462 e. The number of thioether (sulfide) groups is 4. The molecule has 0 aliphatic carbocycles. The minimum Gasteiger partial charge on any atom is -0.462 e. The zero-order valence-corrected chi connectivity index (χ0v) is 29.3. The van der Waals surface area contributed by atoms with Crippen LogP contribution in [0.3, 0.4) is 0 Å². The van der Waals surface area contributed by atoms with Gasteiger partial charge < -0.3 is 18.9 Å². The van der Waals surface area contributed by atoms with Crippen molar-refractivity contribution in [2.24, 2.45) is 0 Å². The van der Waals surface area contributed by atoms with Gasteiger partial charge in [0, 0.05) is 11.1 Å². The van der Waals surface area contributed by atoms with Crippen molar-refractivity contribution >= 4 is 83.1 Å². The molecule has 0 amide bonds. The van der Waals surface area contributed by atoms with Gasteiger partial charge in [0.1, 0.15) is 19.6 Å². The van der Waals surface area contributed by atoms with Gasteiger partial charge in [0.25, 0.3) is 0 Å². The summed E-state index contributed by atoms with van der Waals surface area (Å²) in [6.07, 6.45) is 17.9. The maximum absolute atomic E-state index is 12.8. The zero-order valence-electron chi connectivity index (χ0n) is 26.0. The van der Waals surface area contributed by atoms with Crippen LogP contribution in [0.15, 0.2) is 40.2 Å². The number of hydrogen-bond acceptors (Lipinski definition) is 12. The molecule has 1 aromatic rings. The highest BCUT2D eigenvalue weighted by atomic mass is 32.2. The van der Waals surface area contributed by atoms with Crippen LogP contribution >= 0.6 is 47.0 Å². The first kappa shape index (κ1) is 37.0. The highest BCUT2D eigenvalue weighted by Crippen LogP contribution is 2.52. The fraction of sp³-hybridized carbons (Fsp3) is 0.353. The van der Waals surface area contributed by atoms with Gasteiger partial charge >= 0.3 is 23.9 Å². The van der Waals surface area contributed by atoms with E-state index in [1.54, 1.807) is 24.3 Å². The molecular formula is C34H34O8S4. The lowest BCUT2D eigenvalue weighted by atomic mass is 9.99. The first-order valence-corrected chi connectivity index (χ1v) is 17.9. The van der Waals surface area contributed by atoms with E-state index in [0.29, 0.717) is 56.4 Å². The topological polar surface area (TPSA) is 105 Å². The van der Waals surface area contributed by atoms with E-state index in [1.165, 1.54) is 0 Å². The molecule has 46 heavy (non-hydrogen) atoms. The van der Waals surface area contributed by atoms with Gasteiger partial charge in [0.15, 0.2) is 0 Å². The lowest BCUT2D eigenvalue weighted by Gasteiger charge is -2.08. The van der Waals surface area contributed by atoms with E-state index in [-0.39, 0.29) is 46.0 Å². The Hall–Kier alpha value is -3.42. The van der Waals surface area contributed by atoms with Crippen molar-refractivity contribution < 1.29 is 38.1 Å². The number of hydrogen-bond donors (Lipinski definition) is 0. The van der Waals surface area contributed by atoms with E-state index in [4.69, 9.17) is 31.8 Å². The Labute approximate surface area is 286 Å². The molecule has 0 spiro atoms. The van der Waals surface area contributed by atoms with Gasteiger partial charge in [-0.1, -0.05) is 86.6 Å². The summed E-state index contributed by atoms with van der Waals surface area (Å²) in [5, 5.41) is 0. The van der Waals surface area contributed by atoms with Crippen LogP contribution in [0.2, 0.25) is 0 Å². The van der Waals surface area contributed by atoms with Crippen LogP contribution in [0.1, 0.15) is 75.6 Å². The number of esters is 4. The van der Waals surface area contributed by atoms with Crippen LogP contribution in [-0.2, 0) is 38.1 Å². The average molecular weight is 699 g/mol. The van der Waals surface area contributed by atoms with E-state index in [0.717, 1.165) is 47.0 Å². The van der Waals surface area contributed by atoms with Crippen LogP contribution in [0, 0.1) is 24.7 Å². The number of carbonyl (C=O) groups is 4. The first-order valence-electron chi connectivity index (χ1n) is 14.6. The third kappa shape index (κ3) is 9.79. The molecule has 242 valence electrons. The molecule has 0 atom stereocenters. The van der Waals surface area contributed by atoms with Crippen molar-refractivity contribution in [1.82, 2.24) is 0 Å². The SMILES string of the molecule is C#Cc1cc(C=C2SC(C(=O)OCCC)=C(C(=O)OCCC)S2)c(C#C)cc1C=C1SC(C(=O)OCCC)=C(C(=O)OCCC)S1. The summed E-state index contributed by atoms with van der Waals surface area (Å²) < 4.78 is 22.5. The minimum atomic E-state index is -0.592. The monoisotopic (exact) mass is 698 g/mol. The third-order valence-electron chi connectivity index (χ3n) is 5.79. The maximum Gasteiger partial charge on any atom is 0.346 e. The predicted molar refractivity (Wildman–Crippen MR) is 188 cm³/mol. The summed E-state index contributed by atoms with van der Waals surface area (Å²) in [7, 11) is 0. The first-order chi connectivity index (χ1) is 22.2. The van der Waals surface area contributed by atoms with Crippen LogP contribution in [0.5, 0.6) is 0 Å². The second-order valence-corrected chi connectivity index (χ2v) is 14.2. The summed E-state index contributed by atoms with van der Waals surface area (Å²) in [4.78, 5) is 51.8. The Morgan fingerprint density at radius 3 is 1.04 bits per heavy atom. The van der Waals surface area contributed by atoms with Crippen molar-refractivity contribution in [2.75, 3.05) is 26.4 Å². The van der Waals surface area contributed by atoms with Crippen LogP contribution in [-0.4, -0.2) is 50.3 Å². The Balaban J connectivity index is 1.95. The molecule has 12 heteroatoms. The van der Waals surface area contributed by atoms with Gasteiger partial charge in [0.05, 0.1) is 34.9 Å². The fourth-order valence-corrected chi connectivity index (χ4v) is 8.36. The smallest absolute Gasteiger partial charge is 0.346 e. The van der Waals surface area contributed by atoms with Gasteiger partial charge in [-0.15, -0.1) is 12.8 Å². The summed E-state index contributed by atoms with van der Waals surface area (Å²) in [5.41, 5.74) is 2.22. The normalized spacial score (nSPS) is 14.0. The Morgan fingerprint density at radius 2 is 0.826 bits per heavy atom. The number of ether oxygens (including phenoxy) is 4. The number of rotatable bonds is 14. The molecule has 0 saturated carbocycles. The molecule has 0 aromatic heterocycles. The molecule has 0 radical (unpaired) electrons. The summed E-state index contributed by atoms with van der Waals surface area (Å²) in [6.45, 7) is 8.42. The molecule has 2 aliphatic rings. The lowest BCUT2D eigenvalue weighted by molar-refractivity contribution is -0.141. The van der Waals surface area contributed by atoms with Gasteiger partial charge in [-0.05, 0) is 61.1 Å². The van der Waals surface area contributed by atoms with Crippen molar-refractivity contribution in [3.05, 3.63) is 62.5 Å². The quantitative estimate of drug-likeness (QED) is 0.110. The number of carbonyl (C=O) groups excluding carboxylic acids is 4. The molecule has 2 heterocycles. The van der Waals surface area contributed by atoms with Crippen molar-refractivity contribution in [2.45, 2.75) is 53.4 Å². The van der Waals surface area contributed by atoms with Crippen LogP contribution < -0.4 is 0 Å². The van der Waals surface area contributed by atoms with Gasteiger partial charge in [-0.2, -0.15) is 0 Å². The molecular weight excluding hydrogens is 665 g/mol. The van der Waals surface area contributed by atoms with Crippen molar-refractivity contribution in [3.8, 4) is 24.7 Å². The van der Waals surface area contributed by atoms with E-state index in [2.05, 4.69) is 11.8 Å². The highest BCUT2D eigenvalue weighted by Gasteiger charge is 2.34. The molecule has 0 saturated heterocycles. The Bertz CT molecular complexity index is 1400. The Kier molecular flexibility index (Phi) is 15.0. The molecule has 0 N–H and O–H groups in total. The van der Waals surface area contributed by atoms with Gasteiger partial charge in [-0.3, -0.25) is 0 Å². The molecule has 3 rings (SSSR count). The average Bonchev–Trinajstić information content (AvgIpc) is 3.69. The standard InChI is InChI=1S/C34H34O8S4/c1-7-13-39-31(35)27-28(32(36)40-14-8-2)44-25(43-27)19-23-17-22(12-6)24(18-21(23)11-5)20-26-45-29(33(37)41-15-9-3)30(46-26)34(38)42-16-10-4/h5-6,17-20H,7-10,13-16H2,1-4H3. The summed E-state index contributed by atoms with van der Waals surface area (Å²) in [6, 6.07) is 3.48. The third-order valence-corrected chi connectivity index (χ3v) is 10.6. The van der Waals surface area contributed by atoms with E-state index < -0.39 is 23.9 Å². The highest BCUT2D eigenvalue weighted by molar-refractivity contribution is 8.30. The van der Waals surface area contributed by atoms with E-state index in [9.17, 15) is 19.2 Å². The fourth-order valence-electron chi connectivity index (χ4n) is 3.70. The van der Waals surface area contributed by atoms with E-state index in [1.807, 2.05) is 27.7 Å².